The summed E-state index contributed by atoms with van der Waals surface area (Å²) in [6.45, 7) is 1.68. The number of fused-ring (bicyclic) bond motifs is 1. The molecule has 8 heteroatoms. The number of halogens is 1. The molecule has 2 unspecified atom stereocenters. The van der Waals surface area contributed by atoms with Crippen LogP contribution < -0.4 is 19.5 Å². The van der Waals surface area contributed by atoms with E-state index in [1.54, 1.807) is 30.3 Å². The fourth-order valence-electron chi connectivity index (χ4n) is 2.49. The number of esters is 1. The first-order valence-corrected chi connectivity index (χ1v) is 9.13. The smallest absolute Gasteiger partial charge is 0.347 e. The van der Waals surface area contributed by atoms with Crippen molar-refractivity contribution >= 4 is 23.5 Å². The van der Waals surface area contributed by atoms with Gasteiger partial charge in [-0.3, -0.25) is 4.79 Å². The molecule has 0 fully saturated rings. The second-order valence-corrected chi connectivity index (χ2v) is 6.56. The predicted octanol–water partition coefficient (Wildman–Crippen LogP) is 2.61. The number of nitrogens with one attached hydrogen (secondary N) is 1. The van der Waals surface area contributed by atoms with Gasteiger partial charge in [-0.25, -0.2) is 4.79 Å². The van der Waals surface area contributed by atoms with Crippen molar-refractivity contribution in [2.24, 2.45) is 0 Å². The molecule has 0 aliphatic carbocycles. The lowest BCUT2D eigenvalue weighted by Crippen LogP contribution is -2.42. The number of amides is 1. The van der Waals surface area contributed by atoms with Crippen LogP contribution in [0.4, 0.5) is 0 Å². The van der Waals surface area contributed by atoms with E-state index >= 15 is 0 Å². The Bertz CT molecular complexity index is 843. The molecular weight excluding hydrogens is 386 g/mol. The van der Waals surface area contributed by atoms with Crippen molar-refractivity contribution in [3.05, 3.63) is 53.6 Å². The van der Waals surface area contributed by atoms with Crippen LogP contribution in [0.1, 0.15) is 6.92 Å². The van der Waals surface area contributed by atoms with Gasteiger partial charge in [0, 0.05) is 5.02 Å². The lowest BCUT2D eigenvalue weighted by Gasteiger charge is -2.26. The van der Waals surface area contributed by atoms with Gasteiger partial charge in [0.05, 0.1) is 6.54 Å². The quantitative estimate of drug-likeness (QED) is 0.713. The van der Waals surface area contributed by atoms with E-state index in [0.717, 1.165) is 0 Å². The molecule has 2 aromatic carbocycles. The first kappa shape index (κ1) is 19.8. The van der Waals surface area contributed by atoms with E-state index in [1.807, 2.05) is 18.2 Å². The molecule has 0 saturated heterocycles. The Morgan fingerprint density at radius 3 is 2.79 bits per heavy atom. The summed E-state index contributed by atoms with van der Waals surface area (Å²) in [6, 6.07) is 14.0. The standard InChI is InChI=1S/C20H20ClNO6/c1-13(27-15-6-4-5-14(21)9-15)20(24)26-12-19(23)22-10-16-11-25-17-7-2-3-8-18(17)28-16/h2-9,13,16H,10-12H2,1H3,(H,22,23). The molecule has 0 saturated carbocycles. The number of benzene rings is 2. The van der Waals surface area contributed by atoms with Crippen LogP contribution in [0, 0.1) is 0 Å². The predicted molar refractivity (Wildman–Crippen MR) is 102 cm³/mol. The molecular formula is C20H20ClNO6. The maximum atomic E-state index is 12.0. The van der Waals surface area contributed by atoms with Crippen LogP contribution in [-0.4, -0.2) is 43.8 Å². The third kappa shape index (κ3) is 5.53. The van der Waals surface area contributed by atoms with Crippen LogP contribution >= 0.6 is 11.6 Å². The monoisotopic (exact) mass is 405 g/mol. The Morgan fingerprint density at radius 1 is 1.21 bits per heavy atom. The molecule has 1 aliphatic rings. The number of carbonyl (C=O) groups excluding carboxylic acids is 2. The first-order chi connectivity index (χ1) is 13.5. The van der Waals surface area contributed by atoms with E-state index < -0.39 is 24.6 Å². The highest BCUT2D eigenvalue weighted by molar-refractivity contribution is 6.30. The zero-order valence-corrected chi connectivity index (χ0v) is 16.0. The number of hydrogen-bond donors (Lipinski definition) is 1. The summed E-state index contributed by atoms with van der Waals surface area (Å²) in [6.07, 6.45) is -1.20. The Labute approximate surface area is 167 Å². The van der Waals surface area contributed by atoms with Gasteiger partial charge in [0.2, 0.25) is 0 Å². The van der Waals surface area contributed by atoms with Crippen LogP contribution in [0.15, 0.2) is 48.5 Å². The van der Waals surface area contributed by atoms with Gasteiger partial charge < -0.3 is 24.3 Å². The van der Waals surface area contributed by atoms with E-state index in [9.17, 15) is 9.59 Å². The zero-order chi connectivity index (χ0) is 19.9. The molecule has 0 spiro atoms. The fraction of sp³-hybridized carbons (Fsp3) is 0.300. The highest BCUT2D eigenvalue weighted by atomic mass is 35.5. The summed E-state index contributed by atoms with van der Waals surface area (Å²) in [4.78, 5) is 23.9. The fourth-order valence-corrected chi connectivity index (χ4v) is 2.67. The molecule has 1 heterocycles. The van der Waals surface area contributed by atoms with Gasteiger partial charge in [-0.05, 0) is 37.3 Å². The van der Waals surface area contributed by atoms with E-state index in [-0.39, 0.29) is 12.6 Å². The summed E-state index contributed by atoms with van der Waals surface area (Å²) in [7, 11) is 0. The Balaban J connectivity index is 1.37. The largest absolute Gasteiger partial charge is 0.486 e. The zero-order valence-electron chi connectivity index (χ0n) is 15.2. The topological polar surface area (TPSA) is 83.1 Å². The third-order valence-corrected chi connectivity index (χ3v) is 4.12. The van der Waals surface area contributed by atoms with E-state index in [0.29, 0.717) is 28.9 Å². The second-order valence-electron chi connectivity index (χ2n) is 6.13. The molecule has 0 radical (unpaired) electrons. The maximum Gasteiger partial charge on any atom is 0.347 e. The minimum atomic E-state index is -0.877. The van der Waals surface area contributed by atoms with E-state index in [4.69, 9.17) is 30.5 Å². The van der Waals surface area contributed by atoms with Gasteiger partial charge in [0.15, 0.2) is 24.2 Å². The van der Waals surface area contributed by atoms with Gasteiger partial charge in [-0.2, -0.15) is 0 Å². The van der Waals surface area contributed by atoms with Crippen molar-refractivity contribution < 1.29 is 28.5 Å². The number of carbonyl (C=O) groups is 2. The minimum absolute atomic E-state index is 0.235. The molecule has 1 N–H and O–H groups in total. The molecule has 2 aromatic rings. The summed E-state index contributed by atoms with van der Waals surface area (Å²) in [5, 5.41) is 3.15. The average molecular weight is 406 g/mol. The normalized spacial score (nSPS) is 16.0. The van der Waals surface area contributed by atoms with Crippen molar-refractivity contribution in [1.29, 1.82) is 0 Å². The SMILES string of the molecule is CC(Oc1cccc(Cl)c1)C(=O)OCC(=O)NCC1COc2ccccc2O1. The molecule has 3 rings (SSSR count). The molecule has 1 amide bonds. The highest BCUT2D eigenvalue weighted by Crippen LogP contribution is 2.30. The molecule has 28 heavy (non-hydrogen) atoms. The molecule has 148 valence electrons. The third-order valence-electron chi connectivity index (χ3n) is 3.88. The lowest BCUT2D eigenvalue weighted by molar-refractivity contribution is -0.154. The Morgan fingerprint density at radius 2 is 2.00 bits per heavy atom. The summed E-state index contributed by atoms with van der Waals surface area (Å²) in [5.74, 6) is 0.655. The molecule has 7 nitrogen and oxygen atoms in total. The summed E-state index contributed by atoms with van der Waals surface area (Å²) >= 11 is 5.87. The highest BCUT2D eigenvalue weighted by Gasteiger charge is 2.22. The molecule has 1 aliphatic heterocycles. The van der Waals surface area contributed by atoms with Crippen molar-refractivity contribution in [3.8, 4) is 17.2 Å². The minimum Gasteiger partial charge on any atom is -0.486 e. The lowest BCUT2D eigenvalue weighted by atomic mass is 10.2. The second kappa shape index (κ2) is 9.32. The van der Waals surface area contributed by atoms with Gasteiger partial charge >= 0.3 is 5.97 Å². The van der Waals surface area contributed by atoms with Crippen LogP contribution in [0.25, 0.3) is 0 Å². The number of hydrogen-bond acceptors (Lipinski definition) is 6. The number of para-hydroxylation sites is 2. The van der Waals surface area contributed by atoms with Crippen molar-refractivity contribution in [2.45, 2.75) is 19.1 Å². The number of ether oxygens (including phenoxy) is 4. The maximum absolute atomic E-state index is 12.0. The van der Waals surface area contributed by atoms with Crippen LogP contribution in [0.3, 0.4) is 0 Å². The molecule has 2 atom stereocenters. The van der Waals surface area contributed by atoms with Gasteiger partial charge in [0.25, 0.3) is 5.91 Å². The Hall–Kier alpha value is -2.93. The van der Waals surface area contributed by atoms with Crippen molar-refractivity contribution in [3.63, 3.8) is 0 Å². The van der Waals surface area contributed by atoms with E-state index in [1.165, 1.54) is 6.92 Å². The average Bonchev–Trinajstić information content (AvgIpc) is 2.70. The summed E-state index contributed by atoms with van der Waals surface area (Å²) < 4.78 is 21.8. The van der Waals surface area contributed by atoms with Gasteiger partial charge in [0.1, 0.15) is 18.5 Å². The van der Waals surface area contributed by atoms with Gasteiger partial charge in [-0.15, -0.1) is 0 Å². The van der Waals surface area contributed by atoms with Crippen LogP contribution in [-0.2, 0) is 14.3 Å². The Kier molecular flexibility index (Phi) is 6.60. The summed E-state index contributed by atoms with van der Waals surface area (Å²) in [5.41, 5.74) is 0. The molecule has 0 aromatic heterocycles. The van der Waals surface area contributed by atoms with Crippen LogP contribution in [0.5, 0.6) is 17.2 Å². The molecule has 0 bridgehead atoms. The number of rotatable bonds is 7. The first-order valence-electron chi connectivity index (χ1n) is 8.75. The van der Waals surface area contributed by atoms with Crippen molar-refractivity contribution in [2.75, 3.05) is 19.8 Å². The van der Waals surface area contributed by atoms with Crippen LogP contribution in [0.2, 0.25) is 5.02 Å². The van der Waals surface area contributed by atoms with Crippen molar-refractivity contribution in [1.82, 2.24) is 5.32 Å². The van der Waals surface area contributed by atoms with Gasteiger partial charge in [-0.1, -0.05) is 29.8 Å². The van der Waals surface area contributed by atoms with E-state index in [2.05, 4.69) is 5.32 Å².